The van der Waals surface area contributed by atoms with Gasteiger partial charge in [0.25, 0.3) is 0 Å². The molecule has 0 saturated heterocycles. The predicted octanol–water partition coefficient (Wildman–Crippen LogP) is 3.01. The molecule has 76 valence electrons. The van der Waals surface area contributed by atoms with E-state index in [2.05, 4.69) is 13.0 Å². The van der Waals surface area contributed by atoms with Crippen LogP contribution in [-0.2, 0) is 6.42 Å². The molecule has 2 N–H and O–H groups in total. The fraction of sp³-hybridized carbons (Fsp3) is 0.500. The van der Waals surface area contributed by atoms with Crippen LogP contribution in [0.5, 0.6) is 0 Å². The summed E-state index contributed by atoms with van der Waals surface area (Å²) in [6, 6.07) is 8.04. The summed E-state index contributed by atoms with van der Waals surface area (Å²) in [5.74, 6) is 0.696. The summed E-state index contributed by atoms with van der Waals surface area (Å²) in [5, 5.41) is 0.817. The average molecular weight is 210 g/mol. The lowest BCUT2D eigenvalue weighted by Crippen LogP contribution is -2.24. The van der Waals surface area contributed by atoms with Crippen molar-refractivity contribution in [1.29, 1.82) is 0 Å². The largest absolute Gasteiger partial charge is 0.325 e. The second kappa shape index (κ2) is 3.56. The fourth-order valence-corrected chi connectivity index (χ4v) is 2.14. The number of hydrogen-bond acceptors (Lipinski definition) is 1. The molecule has 1 fully saturated rings. The highest BCUT2D eigenvalue weighted by molar-refractivity contribution is 6.30. The Morgan fingerprint density at radius 3 is 2.86 bits per heavy atom. The zero-order valence-electron chi connectivity index (χ0n) is 8.46. The second-order valence-electron chi connectivity index (χ2n) is 4.47. The third-order valence-corrected chi connectivity index (χ3v) is 3.51. The first-order chi connectivity index (χ1) is 6.60. The summed E-state index contributed by atoms with van der Waals surface area (Å²) in [6.45, 7) is 2.22. The summed E-state index contributed by atoms with van der Waals surface area (Å²) in [7, 11) is 0. The van der Waals surface area contributed by atoms with Crippen LogP contribution in [0.15, 0.2) is 24.3 Å². The maximum absolute atomic E-state index is 6.14. The number of rotatable bonds is 3. The zero-order valence-corrected chi connectivity index (χ0v) is 9.22. The van der Waals surface area contributed by atoms with E-state index in [1.165, 1.54) is 12.0 Å². The molecule has 1 saturated carbocycles. The first kappa shape index (κ1) is 10.0. The van der Waals surface area contributed by atoms with Gasteiger partial charge in [0.15, 0.2) is 0 Å². The molecular weight excluding hydrogens is 194 g/mol. The maximum Gasteiger partial charge on any atom is 0.0408 e. The Morgan fingerprint density at radius 2 is 2.29 bits per heavy atom. The third kappa shape index (κ3) is 2.10. The standard InChI is InChI=1S/C12H16ClN/c1-9-8-12(9,14)6-5-10-3-2-4-11(13)7-10/h2-4,7,9H,5-6,8,14H2,1H3. The molecule has 2 atom stereocenters. The second-order valence-corrected chi connectivity index (χ2v) is 4.90. The molecule has 0 bridgehead atoms. The van der Waals surface area contributed by atoms with Gasteiger partial charge in [-0.15, -0.1) is 0 Å². The Balaban J connectivity index is 1.92. The van der Waals surface area contributed by atoms with Crippen molar-refractivity contribution in [3.8, 4) is 0 Å². The molecule has 1 aliphatic carbocycles. The molecule has 1 nitrogen and oxygen atoms in total. The number of aryl methyl sites for hydroxylation is 1. The molecular formula is C12H16ClN. The van der Waals surface area contributed by atoms with Gasteiger partial charge < -0.3 is 5.73 Å². The highest BCUT2D eigenvalue weighted by atomic mass is 35.5. The Kier molecular flexibility index (Phi) is 2.54. The molecule has 2 rings (SSSR count). The van der Waals surface area contributed by atoms with Crippen molar-refractivity contribution in [3.05, 3.63) is 34.9 Å². The van der Waals surface area contributed by atoms with E-state index in [4.69, 9.17) is 17.3 Å². The van der Waals surface area contributed by atoms with E-state index in [1.807, 2.05) is 18.2 Å². The summed E-state index contributed by atoms with van der Waals surface area (Å²) in [4.78, 5) is 0. The molecule has 0 spiro atoms. The lowest BCUT2D eigenvalue weighted by Gasteiger charge is -2.09. The van der Waals surface area contributed by atoms with Gasteiger partial charge in [0, 0.05) is 10.6 Å². The van der Waals surface area contributed by atoms with Crippen LogP contribution in [0.1, 0.15) is 25.3 Å². The average Bonchev–Trinajstić information content (AvgIpc) is 2.72. The lowest BCUT2D eigenvalue weighted by molar-refractivity contribution is 0.565. The van der Waals surface area contributed by atoms with Crippen molar-refractivity contribution in [2.75, 3.05) is 0 Å². The molecule has 14 heavy (non-hydrogen) atoms. The molecule has 1 aromatic rings. The Morgan fingerprint density at radius 1 is 1.57 bits per heavy atom. The Labute approximate surface area is 90.3 Å². The Hall–Kier alpha value is -0.530. The van der Waals surface area contributed by atoms with Gasteiger partial charge >= 0.3 is 0 Å². The first-order valence-electron chi connectivity index (χ1n) is 5.13. The molecule has 0 heterocycles. The van der Waals surface area contributed by atoms with Gasteiger partial charge in [-0.3, -0.25) is 0 Å². The minimum Gasteiger partial charge on any atom is -0.325 e. The molecule has 0 amide bonds. The van der Waals surface area contributed by atoms with Crippen molar-refractivity contribution >= 4 is 11.6 Å². The summed E-state index contributed by atoms with van der Waals surface area (Å²) >= 11 is 5.91. The highest BCUT2D eigenvalue weighted by Gasteiger charge is 2.46. The predicted molar refractivity (Wildman–Crippen MR) is 60.5 cm³/mol. The van der Waals surface area contributed by atoms with Crippen LogP contribution in [0.25, 0.3) is 0 Å². The van der Waals surface area contributed by atoms with Crippen LogP contribution in [0.3, 0.4) is 0 Å². The summed E-state index contributed by atoms with van der Waals surface area (Å²) < 4.78 is 0. The van der Waals surface area contributed by atoms with Crippen LogP contribution >= 0.6 is 11.6 Å². The van der Waals surface area contributed by atoms with Gasteiger partial charge in [-0.1, -0.05) is 30.7 Å². The molecule has 2 unspecified atom stereocenters. The zero-order chi connectivity index (χ0) is 10.2. The van der Waals surface area contributed by atoms with Crippen molar-refractivity contribution in [3.63, 3.8) is 0 Å². The van der Waals surface area contributed by atoms with Gasteiger partial charge in [-0.25, -0.2) is 0 Å². The van der Waals surface area contributed by atoms with Gasteiger partial charge in [0.05, 0.1) is 0 Å². The molecule has 0 aliphatic heterocycles. The number of nitrogens with two attached hydrogens (primary N) is 1. The van der Waals surface area contributed by atoms with Crippen molar-refractivity contribution in [2.45, 2.75) is 31.7 Å². The lowest BCUT2D eigenvalue weighted by atomic mass is 10.0. The van der Waals surface area contributed by atoms with E-state index in [1.54, 1.807) is 0 Å². The van der Waals surface area contributed by atoms with Crippen molar-refractivity contribution < 1.29 is 0 Å². The summed E-state index contributed by atoms with van der Waals surface area (Å²) in [6.07, 6.45) is 3.30. The van der Waals surface area contributed by atoms with Crippen molar-refractivity contribution in [2.24, 2.45) is 11.7 Å². The molecule has 1 aliphatic rings. The first-order valence-corrected chi connectivity index (χ1v) is 5.51. The summed E-state index contributed by atoms with van der Waals surface area (Å²) in [5.41, 5.74) is 7.55. The molecule has 1 aromatic carbocycles. The van der Waals surface area contributed by atoms with Crippen LogP contribution < -0.4 is 5.73 Å². The quantitative estimate of drug-likeness (QED) is 0.814. The van der Waals surface area contributed by atoms with Crippen LogP contribution in [0.2, 0.25) is 5.02 Å². The molecule has 2 heteroatoms. The van der Waals surface area contributed by atoms with E-state index >= 15 is 0 Å². The van der Waals surface area contributed by atoms with E-state index in [9.17, 15) is 0 Å². The number of benzene rings is 1. The van der Waals surface area contributed by atoms with Gasteiger partial charge in [0.2, 0.25) is 0 Å². The van der Waals surface area contributed by atoms with E-state index < -0.39 is 0 Å². The normalized spacial score (nSPS) is 30.4. The third-order valence-electron chi connectivity index (χ3n) is 3.28. The minimum absolute atomic E-state index is 0.113. The maximum atomic E-state index is 6.14. The van der Waals surface area contributed by atoms with E-state index in [0.29, 0.717) is 5.92 Å². The van der Waals surface area contributed by atoms with E-state index in [0.717, 1.165) is 17.9 Å². The van der Waals surface area contributed by atoms with Gasteiger partial charge in [-0.05, 0) is 42.9 Å². The number of hydrogen-bond donors (Lipinski definition) is 1. The van der Waals surface area contributed by atoms with Gasteiger partial charge in [-0.2, -0.15) is 0 Å². The smallest absolute Gasteiger partial charge is 0.0408 e. The van der Waals surface area contributed by atoms with Gasteiger partial charge in [0.1, 0.15) is 0 Å². The van der Waals surface area contributed by atoms with Crippen LogP contribution in [0, 0.1) is 5.92 Å². The molecule has 0 aromatic heterocycles. The Bertz CT molecular complexity index is 337. The highest BCUT2D eigenvalue weighted by Crippen LogP contribution is 2.43. The van der Waals surface area contributed by atoms with E-state index in [-0.39, 0.29) is 5.54 Å². The molecule has 0 radical (unpaired) electrons. The van der Waals surface area contributed by atoms with Crippen molar-refractivity contribution in [1.82, 2.24) is 0 Å². The fourth-order valence-electron chi connectivity index (χ4n) is 1.93. The minimum atomic E-state index is 0.113. The van der Waals surface area contributed by atoms with Crippen LogP contribution in [-0.4, -0.2) is 5.54 Å². The number of halogens is 1. The monoisotopic (exact) mass is 209 g/mol. The SMILES string of the molecule is CC1CC1(N)CCc1cccc(Cl)c1. The van der Waals surface area contributed by atoms with Crippen LogP contribution in [0.4, 0.5) is 0 Å². The topological polar surface area (TPSA) is 26.0 Å².